The zero-order chi connectivity index (χ0) is 15.5. The van der Waals surface area contributed by atoms with Crippen LogP contribution in [0.1, 0.15) is 27.2 Å². The predicted octanol–water partition coefficient (Wildman–Crippen LogP) is -0.869. The molecule has 0 saturated carbocycles. The summed E-state index contributed by atoms with van der Waals surface area (Å²) in [5.41, 5.74) is -0.407. The number of hydrogen-bond acceptors (Lipinski definition) is 4. The molecule has 1 fully saturated rings. The molecular formula is C12H21N3O5. The molecule has 8 heteroatoms. The number of β-amino-alcohol motifs (C(OH)–C–C–N with tert-alkyl or cyclic N) is 1. The number of aliphatic carboxylic acids is 1. The minimum atomic E-state index is -1.17. The second-order valence-corrected chi connectivity index (χ2v) is 5.85. The molecule has 0 aromatic rings. The molecule has 0 aliphatic carbocycles. The number of nitrogens with zero attached hydrogens (tertiary/aromatic N) is 1. The zero-order valence-corrected chi connectivity index (χ0v) is 11.8. The SMILES string of the molecule is CC(C)(C)NC(=O)CNC(=O)N1CC(O)CC1C(=O)O. The van der Waals surface area contributed by atoms with Gasteiger partial charge in [0.05, 0.1) is 12.6 Å². The molecule has 2 unspecified atom stereocenters. The van der Waals surface area contributed by atoms with Gasteiger partial charge in [0.15, 0.2) is 0 Å². The topological polar surface area (TPSA) is 119 Å². The fourth-order valence-electron chi connectivity index (χ4n) is 1.99. The Morgan fingerprint density at radius 2 is 1.90 bits per heavy atom. The third kappa shape index (κ3) is 4.69. The van der Waals surface area contributed by atoms with Crippen molar-refractivity contribution in [3.05, 3.63) is 0 Å². The molecule has 0 spiro atoms. The Morgan fingerprint density at radius 3 is 2.40 bits per heavy atom. The first-order valence-electron chi connectivity index (χ1n) is 6.36. The molecule has 0 aromatic heterocycles. The molecule has 20 heavy (non-hydrogen) atoms. The molecular weight excluding hydrogens is 266 g/mol. The van der Waals surface area contributed by atoms with Gasteiger partial charge in [0.1, 0.15) is 6.04 Å². The quantitative estimate of drug-likeness (QED) is 0.538. The minimum Gasteiger partial charge on any atom is -0.480 e. The van der Waals surface area contributed by atoms with Gasteiger partial charge in [-0.1, -0.05) is 0 Å². The Bertz CT molecular complexity index is 404. The van der Waals surface area contributed by atoms with Gasteiger partial charge in [-0.05, 0) is 20.8 Å². The van der Waals surface area contributed by atoms with Crippen molar-refractivity contribution in [3.8, 4) is 0 Å². The zero-order valence-electron chi connectivity index (χ0n) is 11.8. The van der Waals surface area contributed by atoms with E-state index in [1.54, 1.807) is 0 Å². The third-order valence-corrected chi connectivity index (χ3v) is 2.74. The lowest BCUT2D eigenvalue weighted by molar-refractivity contribution is -0.141. The second kappa shape index (κ2) is 6.08. The lowest BCUT2D eigenvalue weighted by atomic mass is 10.1. The van der Waals surface area contributed by atoms with E-state index in [0.29, 0.717) is 0 Å². The van der Waals surface area contributed by atoms with Crippen molar-refractivity contribution in [2.24, 2.45) is 0 Å². The molecule has 0 aromatic carbocycles. The largest absolute Gasteiger partial charge is 0.480 e. The van der Waals surface area contributed by atoms with E-state index in [1.807, 2.05) is 20.8 Å². The van der Waals surface area contributed by atoms with Gasteiger partial charge in [0, 0.05) is 18.5 Å². The predicted molar refractivity (Wildman–Crippen MR) is 70.0 cm³/mol. The van der Waals surface area contributed by atoms with Crippen molar-refractivity contribution in [2.45, 2.75) is 44.9 Å². The van der Waals surface area contributed by atoms with Crippen LogP contribution in [-0.4, -0.2) is 63.8 Å². The van der Waals surface area contributed by atoms with Gasteiger partial charge in [-0.15, -0.1) is 0 Å². The van der Waals surface area contributed by atoms with Crippen LogP contribution in [0.2, 0.25) is 0 Å². The maximum atomic E-state index is 11.8. The number of amides is 3. The van der Waals surface area contributed by atoms with Crippen LogP contribution in [-0.2, 0) is 9.59 Å². The van der Waals surface area contributed by atoms with Gasteiger partial charge in [-0.2, -0.15) is 0 Å². The van der Waals surface area contributed by atoms with Gasteiger partial charge in [0.2, 0.25) is 5.91 Å². The minimum absolute atomic E-state index is 0.00303. The molecule has 0 radical (unpaired) electrons. The van der Waals surface area contributed by atoms with Crippen molar-refractivity contribution < 1.29 is 24.6 Å². The first-order chi connectivity index (χ1) is 9.10. The van der Waals surface area contributed by atoms with Gasteiger partial charge in [0.25, 0.3) is 0 Å². The average Bonchev–Trinajstić information content (AvgIpc) is 2.66. The number of rotatable bonds is 3. The fraction of sp³-hybridized carbons (Fsp3) is 0.750. The van der Waals surface area contributed by atoms with E-state index in [2.05, 4.69) is 10.6 Å². The van der Waals surface area contributed by atoms with E-state index in [4.69, 9.17) is 5.11 Å². The summed E-state index contributed by atoms with van der Waals surface area (Å²) in [4.78, 5) is 35.4. The van der Waals surface area contributed by atoms with E-state index in [9.17, 15) is 19.5 Å². The molecule has 1 aliphatic heterocycles. The fourth-order valence-corrected chi connectivity index (χ4v) is 1.99. The van der Waals surface area contributed by atoms with Crippen molar-refractivity contribution in [1.82, 2.24) is 15.5 Å². The summed E-state index contributed by atoms with van der Waals surface area (Å²) < 4.78 is 0. The average molecular weight is 287 g/mol. The van der Waals surface area contributed by atoms with Crippen molar-refractivity contribution in [2.75, 3.05) is 13.1 Å². The Labute approximate surface area is 117 Å². The summed E-state index contributed by atoms with van der Waals surface area (Å²) in [6, 6.07) is -1.73. The maximum absolute atomic E-state index is 11.8. The molecule has 8 nitrogen and oxygen atoms in total. The normalized spacial score (nSPS) is 22.5. The molecule has 2 atom stereocenters. The number of aliphatic hydroxyl groups is 1. The monoisotopic (exact) mass is 287 g/mol. The third-order valence-electron chi connectivity index (χ3n) is 2.74. The molecule has 4 N–H and O–H groups in total. The highest BCUT2D eigenvalue weighted by Crippen LogP contribution is 2.17. The Hall–Kier alpha value is -1.83. The van der Waals surface area contributed by atoms with E-state index in [-0.39, 0.29) is 25.4 Å². The van der Waals surface area contributed by atoms with Crippen LogP contribution in [0, 0.1) is 0 Å². The van der Waals surface area contributed by atoms with Crippen LogP contribution in [0.25, 0.3) is 0 Å². The van der Waals surface area contributed by atoms with Crippen LogP contribution < -0.4 is 10.6 Å². The number of aliphatic hydroxyl groups excluding tert-OH is 1. The lowest BCUT2D eigenvalue weighted by Crippen LogP contribution is -2.50. The number of hydrogen-bond donors (Lipinski definition) is 4. The molecule has 3 amide bonds. The summed E-state index contributed by atoms with van der Waals surface area (Å²) in [7, 11) is 0. The Morgan fingerprint density at radius 1 is 1.30 bits per heavy atom. The van der Waals surface area contributed by atoms with E-state index in [0.717, 1.165) is 4.90 Å². The Balaban J connectivity index is 2.50. The lowest BCUT2D eigenvalue weighted by Gasteiger charge is -2.23. The molecule has 1 aliphatic rings. The van der Waals surface area contributed by atoms with Gasteiger partial charge >= 0.3 is 12.0 Å². The van der Waals surface area contributed by atoms with Crippen molar-refractivity contribution in [1.29, 1.82) is 0 Å². The first kappa shape index (κ1) is 16.2. The van der Waals surface area contributed by atoms with Crippen LogP contribution in [0.15, 0.2) is 0 Å². The van der Waals surface area contributed by atoms with Crippen LogP contribution in [0.3, 0.4) is 0 Å². The summed E-state index contributed by atoms with van der Waals surface area (Å²) in [6.07, 6.45) is -0.859. The molecule has 1 saturated heterocycles. The van der Waals surface area contributed by atoms with Gasteiger partial charge < -0.3 is 25.7 Å². The number of urea groups is 1. The highest BCUT2D eigenvalue weighted by molar-refractivity contribution is 5.87. The van der Waals surface area contributed by atoms with E-state index in [1.165, 1.54) is 0 Å². The Kier molecular flexibility index (Phi) is 4.93. The second-order valence-electron chi connectivity index (χ2n) is 5.85. The summed E-state index contributed by atoms with van der Waals surface area (Å²) in [5.74, 6) is -1.53. The number of nitrogens with one attached hydrogen (secondary N) is 2. The summed E-state index contributed by atoms with van der Waals surface area (Å²) in [5, 5.41) is 23.4. The molecule has 0 bridgehead atoms. The number of carboxylic acid groups (broad SMARTS) is 1. The molecule has 1 heterocycles. The highest BCUT2D eigenvalue weighted by atomic mass is 16.4. The molecule has 1 rings (SSSR count). The van der Waals surface area contributed by atoms with Gasteiger partial charge in [-0.25, -0.2) is 9.59 Å². The van der Waals surface area contributed by atoms with E-state index < -0.39 is 29.7 Å². The molecule has 114 valence electrons. The van der Waals surface area contributed by atoms with E-state index >= 15 is 0 Å². The van der Waals surface area contributed by atoms with Crippen molar-refractivity contribution in [3.63, 3.8) is 0 Å². The number of likely N-dealkylation sites (tertiary alicyclic amines) is 1. The standard InChI is InChI=1S/C12H21N3O5/c1-12(2,3)14-9(17)5-13-11(20)15-6-7(16)4-8(15)10(18)19/h7-8,16H,4-6H2,1-3H3,(H,13,20)(H,14,17)(H,18,19). The van der Waals surface area contributed by atoms with Gasteiger partial charge in [-0.3, -0.25) is 4.79 Å². The summed E-state index contributed by atoms with van der Waals surface area (Å²) in [6.45, 7) is 5.14. The number of carboxylic acids is 1. The van der Waals surface area contributed by atoms with Crippen molar-refractivity contribution >= 4 is 17.9 Å². The highest BCUT2D eigenvalue weighted by Gasteiger charge is 2.39. The van der Waals surface area contributed by atoms with Crippen LogP contribution in [0.5, 0.6) is 0 Å². The van der Waals surface area contributed by atoms with Crippen LogP contribution >= 0.6 is 0 Å². The van der Waals surface area contributed by atoms with Crippen LogP contribution in [0.4, 0.5) is 4.79 Å². The maximum Gasteiger partial charge on any atom is 0.326 e. The first-order valence-corrected chi connectivity index (χ1v) is 6.36. The number of carbonyl (C=O) groups is 3. The number of carbonyl (C=O) groups excluding carboxylic acids is 2. The summed E-state index contributed by atoms with van der Waals surface area (Å²) >= 11 is 0. The smallest absolute Gasteiger partial charge is 0.326 e.